The zero-order chi connectivity index (χ0) is 22.1. The van der Waals surface area contributed by atoms with Crippen molar-refractivity contribution in [3.05, 3.63) is 82.4 Å². The molecule has 164 valence electrons. The van der Waals surface area contributed by atoms with Crippen LogP contribution in [0.25, 0.3) is 0 Å². The molecule has 0 radical (unpaired) electrons. The minimum absolute atomic E-state index is 0.147. The monoisotopic (exact) mass is 450 g/mol. The molecule has 2 atom stereocenters. The summed E-state index contributed by atoms with van der Waals surface area (Å²) in [6, 6.07) is 18.9. The Labute approximate surface area is 191 Å². The van der Waals surface area contributed by atoms with Crippen LogP contribution >= 0.6 is 11.6 Å². The van der Waals surface area contributed by atoms with Crippen molar-refractivity contribution in [2.75, 3.05) is 13.4 Å². The molecule has 0 aromatic heterocycles. The van der Waals surface area contributed by atoms with Crippen molar-refractivity contribution in [3.63, 3.8) is 0 Å². The van der Waals surface area contributed by atoms with E-state index in [4.69, 9.17) is 30.8 Å². The molecule has 2 aliphatic rings. The number of aromatic hydroxyl groups is 1. The number of phenolic OH excluding ortho intramolecular Hbond substituents is 1. The molecule has 2 heterocycles. The van der Waals surface area contributed by atoms with Crippen LogP contribution in [0.4, 0.5) is 0 Å². The summed E-state index contributed by atoms with van der Waals surface area (Å²) in [6.07, 6.45) is 0.286. The largest absolute Gasteiger partial charge is 0.504 e. The molecule has 0 unspecified atom stereocenters. The maximum atomic E-state index is 10.9. The highest BCUT2D eigenvalue weighted by atomic mass is 35.5. The number of rotatable bonds is 5. The molecular formula is C25H23ClN2O4. The lowest BCUT2D eigenvalue weighted by Gasteiger charge is -2.31. The van der Waals surface area contributed by atoms with Crippen molar-refractivity contribution in [1.82, 2.24) is 5.32 Å². The lowest BCUT2D eigenvalue weighted by Crippen LogP contribution is -2.33. The molecule has 7 heteroatoms. The topological polar surface area (TPSA) is 72.3 Å². The summed E-state index contributed by atoms with van der Waals surface area (Å²) in [7, 11) is 0. The third-order valence-electron chi connectivity index (χ3n) is 5.64. The van der Waals surface area contributed by atoms with Gasteiger partial charge in [0.1, 0.15) is 6.17 Å². The first-order chi connectivity index (χ1) is 15.6. The van der Waals surface area contributed by atoms with Crippen molar-refractivity contribution in [3.8, 4) is 23.0 Å². The van der Waals surface area contributed by atoms with E-state index in [2.05, 4.69) is 5.32 Å². The molecule has 0 spiro atoms. The number of para-hydroxylation sites is 1. The fourth-order valence-electron chi connectivity index (χ4n) is 4.07. The number of phenols is 1. The number of benzene rings is 3. The van der Waals surface area contributed by atoms with Crippen LogP contribution in [0, 0.1) is 0 Å². The lowest BCUT2D eigenvalue weighted by atomic mass is 9.93. The van der Waals surface area contributed by atoms with Crippen LogP contribution in [0.1, 0.15) is 42.2 Å². The number of ether oxygens (including phenoxy) is 3. The van der Waals surface area contributed by atoms with E-state index in [9.17, 15) is 5.11 Å². The van der Waals surface area contributed by atoms with Gasteiger partial charge >= 0.3 is 0 Å². The highest BCUT2D eigenvalue weighted by molar-refractivity contribution is 6.30. The van der Waals surface area contributed by atoms with Gasteiger partial charge in [0.2, 0.25) is 6.79 Å². The number of halogens is 1. The zero-order valence-electron chi connectivity index (χ0n) is 17.5. The van der Waals surface area contributed by atoms with E-state index in [1.165, 1.54) is 0 Å². The molecular weight excluding hydrogens is 428 g/mol. The van der Waals surface area contributed by atoms with Gasteiger partial charge in [-0.25, -0.2) is 0 Å². The average Bonchev–Trinajstić information content (AvgIpc) is 3.29. The van der Waals surface area contributed by atoms with Gasteiger partial charge in [0.05, 0.1) is 6.61 Å². The highest BCUT2D eigenvalue weighted by Crippen LogP contribution is 2.40. The first-order valence-electron chi connectivity index (χ1n) is 10.5. The summed E-state index contributed by atoms with van der Waals surface area (Å²) >= 11 is 6.09. The molecule has 5 rings (SSSR count). The normalized spacial score (nSPS) is 19.5. The molecule has 3 aromatic rings. The maximum Gasteiger partial charge on any atom is 0.231 e. The van der Waals surface area contributed by atoms with Gasteiger partial charge in [-0.3, -0.25) is 10.3 Å². The Morgan fingerprint density at radius 2 is 1.91 bits per heavy atom. The molecule has 0 aliphatic carbocycles. The van der Waals surface area contributed by atoms with Crippen LogP contribution in [0.2, 0.25) is 5.02 Å². The Hall–Kier alpha value is -3.22. The summed E-state index contributed by atoms with van der Waals surface area (Å²) < 4.78 is 16.6. The molecule has 0 amide bonds. The lowest BCUT2D eigenvalue weighted by molar-refractivity contribution is 0.174. The molecule has 0 bridgehead atoms. The van der Waals surface area contributed by atoms with Crippen molar-refractivity contribution in [2.24, 2.45) is 4.99 Å². The van der Waals surface area contributed by atoms with Crippen molar-refractivity contribution >= 4 is 17.3 Å². The molecule has 0 fully saturated rings. The molecule has 0 saturated carbocycles. The predicted octanol–water partition coefficient (Wildman–Crippen LogP) is 5.40. The fourth-order valence-corrected chi connectivity index (χ4v) is 4.19. The second kappa shape index (κ2) is 8.73. The van der Waals surface area contributed by atoms with Crippen LogP contribution < -0.4 is 19.5 Å². The van der Waals surface area contributed by atoms with Gasteiger partial charge in [0.25, 0.3) is 0 Å². The van der Waals surface area contributed by atoms with E-state index in [1.807, 2.05) is 61.5 Å². The van der Waals surface area contributed by atoms with Gasteiger partial charge in [-0.05, 0) is 54.4 Å². The van der Waals surface area contributed by atoms with Gasteiger partial charge in [-0.15, -0.1) is 0 Å². The van der Waals surface area contributed by atoms with E-state index in [0.717, 1.165) is 28.2 Å². The van der Waals surface area contributed by atoms with Crippen molar-refractivity contribution in [2.45, 2.75) is 25.6 Å². The predicted molar refractivity (Wildman–Crippen MR) is 123 cm³/mol. The first kappa shape index (κ1) is 20.7. The maximum absolute atomic E-state index is 10.9. The quantitative estimate of drug-likeness (QED) is 0.544. The second-order valence-electron chi connectivity index (χ2n) is 7.65. The minimum atomic E-state index is -0.304. The molecule has 0 saturated heterocycles. The van der Waals surface area contributed by atoms with E-state index in [0.29, 0.717) is 29.5 Å². The van der Waals surface area contributed by atoms with Gasteiger partial charge in [-0.2, -0.15) is 0 Å². The smallest absolute Gasteiger partial charge is 0.231 e. The minimum Gasteiger partial charge on any atom is -0.504 e. The summed E-state index contributed by atoms with van der Waals surface area (Å²) in [5.41, 5.74) is 3.62. The molecule has 2 N–H and O–H groups in total. The highest BCUT2D eigenvalue weighted by Gasteiger charge is 2.29. The van der Waals surface area contributed by atoms with Gasteiger partial charge in [0, 0.05) is 28.8 Å². The number of nitrogens with one attached hydrogen (secondary N) is 1. The second-order valence-corrected chi connectivity index (χ2v) is 8.08. The third kappa shape index (κ3) is 3.99. The Balaban J connectivity index is 1.55. The van der Waals surface area contributed by atoms with Crippen LogP contribution in [-0.2, 0) is 0 Å². The number of nitrogens with zero attached hydrogens (tertiary/aromatic N) is 1. The number of fused-ring (bicyclic) bond motifs is 1. The van der Waals surface area contributed by atoms with Crippen molar-refractivity contribution < 1.29 is 19.3 Å². The van der Waals surface area contributed by atoms with Crippen LogP contribution in [0.5, 0.6) is 23.0 Å². The molecule has 6 nitrogen and oxygen atoms in total. The van der Waals surface area contributed by atoms with E-state index in [1.54, 1.807) is 6.07 Å². The number of hydrogen-bond donors (Lipinski definition) is 2. The Kier molecular flexibility index (Phi) is 5.64. The van der Waals surface area contributed by atoms with Gasteiger partial charge < -0.3 is 19.3 Å². The van der Waals surface area contributed by atoms with Gasteiger partial charge in [-0.1, -0.05) is 35.9 Å². The average molecular weight is 451 g/mol. The standard InChI is InChI=1S/C25H23ClN2O4/c1-2-30-22-5-3-4-18(24(22)29)20-13-19(16-8-11-21-23(12-16)32-14-31-21)27-25(28-20)15-6-9-17(26)10-7-15/h3-12,20,25,28-29H,2,13-14H2,1H3/t20-,25-/m0/s1. The van der Waals surface area contributed by atoms with Gasteiger partial charge in [0.15, 0.2) is 23.0 Å². The Bertz CT molecular complexity index is 1160. The summed E-state index contributed by atoms with van der Waals surface area (Å²) in [4.78, 5) is 4.99. The van der Waals surface area contributed by atoms with E-state index in [-0.39, 0.29) is 24.8 Å². The Morgan fingerprint density at radius 3 is 2.72 bits per heavy atom. The molecule has 2 aliphatic heterocycles. The number of hydrogen-bond acceptors (Lipinski definition) is 6. The van der Waals surface area contributed by atoms with Crippen LogP contribution in [-0.4, -0.2) is 24.2 Å². The Morgan fingerprint density at radius 1 is 1.09 bits per heavy atom. The number of aliphatic imine (C=N–C) groups is 1. The van der Waals surface area contributed by atoms with Crippen LogP contribution in [0.15, 0.2) is 65.7 Å². The summed E-state index contributed by atoms with van der Waals surface area (Å²) in [5, 5.41) is 15.1. The van der Waals surface area contributed by atoms with Crippen molar-refractivity contribution in [1.29, 1.82) is 0 Å². The van der Waals surface area contributed by atoms with Crippen LogP contribution in [0.3, 0.4) is 0 Å². The summed E-state index contributed by atoms with van der Waals surface area (Å²) in [6.45, 7) is 2.60. The third-order valence-corrected chi connectivity index (χ3v) is 5.89. The molecule has 3 aromatic carbocycles. The summed E-state index contributed by atoms with van der Waals surface area (Å²) in [5.74, 6) is 2.07. The zero-order valence-corrected chi connectivity index (χ0v) is 18.3. The SMILES string of the molecule is CCOc1cccc([C@@H]2CC(c3ccc4c(c3)OCO4)=N[C@H](c3ccc(Cl)cc3)N2)c1O. The fraction of sp³-hybridized carbons (Fsp3) is 0.240. The van der Waals surface area contributed by atoms with E-state index < -0.39 is 0 Å². The molecule has 32 heavy (non-hydrogen) atoms. The first-order valence-corrected chi connectivity index (χ1v) is 10.9. The van der Waals surface area contributed by atoms with E-state index >= 15 is 0 Å².